The second-order valence-corrected chi connectivity index (χ2v) is 9.76. The third-order valence-electron chi connectivity index (χ3n) is 6.90. The van der Waals surface area contributed by atoms with Crippen LogP contribution in [0.25, 0.3) is 10.8 Å². The smallest absolute Gasteiger partial charge is 0.256 e. The summed E-state index contributed by atoms with van der Waals surface area (Å²) in [6.07, 6.45) is 0.753. The van der Waals surface area contributed by atoms with Crippen molar-refractivity contribution in [1.82, 2.24) is 9.80 Å². The highest BCUT2D eigenvalue weighted by molar-refractivity contribution is 6.42. The first-order chi connectivity index (χ1) is 15.9. The number of rotatable bonds is 5. The second kappa shape index (κ2) is 9.24. The Morgan fingerprint density at radius 1 is 0.970 bits per heavy atom. The maximum absolute atomic E-state index is 13.3. The van der Waals surface area contributed by atoms with Crippen LogP contribution in [0.5, 0.6) is 0 Å². The number of hydrogen-bond acceptors (Lipinski definition) is 4. The lowest BCUT2D eigenvalue weighted by Gasteiger charge is -2.40. The van der Waals surface area contributed by atoms with Crippen molar-refractivity contribution in [3.8, 4) is 0 Å². The quantitative estimate of drug-likeness (QED) is 0.552. The van der Waals surface area contributed by atoms with E-state index in [0.29, 0.717) is 41.5 Å². The summed E-state index contributed by atoms with van der Waals surface area (Å²) in [5.74, 6) is -0.148. The normalized spacial score (nSPS) is 23.3. The monoisotopic (exact) mass is 484 g/mol. The molecular formula is C26H26Cl2N2O3. The van der Waals surface area contributed by atoms with Crippen molar-refractivity contribution < 1.29 is 15.0 Å². The first-order valence-corrected chi connectivity index (χ1v) is 12.0. The van der Waals surface area contributed by atoms with Gasteiger partial charge >= 0.3 is 0 Å². The van der Waals surface area contributed by atoms with Crippen molar-refractivity contribution in [2.45, 2.75) is 37.6 Å². The maximum atomic E-state index is 13.3. The van der Waals surface area contributed by atoms with Crippen molar-refractivity contribution in [1.29, 1.82) is 0 Å². The van der Waals surface area contributed by atoms with Crippen LogP contribution in [0.15, 0.2) is 54.6 Å². The average molecular weight is 485 g/mol. The van der Waals surface area contributed by atoms with Gasteiger partial charge in [-0.1, -0.05) is 59.6 Å². The van der Waals surface area contributed by atoms with Gasteiger partial charge in [-0.3, -0.25) is 9.69 Å². The van der Waals surface area contributed by atoms with E-state index in [-0.39, 0.29) is 18.1 Å². The van der Waals surface area contributed by atoms with Gasteiger partial charge in [0.05, 0.1) is 16.1 Å². The zero-order valence-electron chi connectivity index (χ0n) is 18.1. The summed E-state index contributed by atoms with van der Waals surface area (Å²) in [6.45, 7) is 1.75. The second-order valence-electron chi connectivity index (χ2n) is 8.94. The van der Waals surface area contributed by atoms with E-state index in [2.05, 4.69) is 4.90 Å². The molecule has 5 nitrogen and oxygen atoms in total. The van der Waals surface area contributed by atoms with Crippen molar-refractivity contribution in [3.63, 3.8) is 0 Å². The number of likely N-dealkylation sites (tertiary alicyclic amines) is 1. The Morgan fingerprint density at radius 2 is 1.76 bits per heavy atom. The highest BCUT2D eigenvalue weighted by Crippen LogP contribution is 2.35. The van der Waals surface area contributed by atoms with Gasteiger partial charge in [0, 0.05) is 42.2 Å². The predicted molar refractivity (Wildman–Crippen MR) is 131 cm³/mol. The van der Waals surface area contributed by atoms with Gasteiger partial charge in [-0.15, -0.1) is 0 Å². The van der Waals surface area contributed by atoms with Gasteiger partial charge in [0.2, 0.25) is 0 Å². The zero-order chi connectivity index (χ0) is 23.1. The molecule has 0 saturated carbocycles. The minimum atomic E-state index is -0.972. The van der Waals surface area contributed by atoms with Gasteiger partial charge in [0.1, 0.15) is 0 Å². The fourth-order valence-corrected chi connectivity index (χ4v) is 5.50. The predicted octanol–water partition coefficient (Wildman–Crippen LogP) is 4.66. The van der Waals surface area contributed by atoms with Crippen LogP contribution in [-0.4, -0.2) is 57.7 Å². The van der Waals surface area contributed by atoms with Gasteiger partial charge < -0.3 is 15.1 Å². The lowest BCUT2D eigenvalue weighted by Crippen LogP contribution is -2.50. The first kappa shape index (κ1) is 22.6. The van der Waals surface area contributed by atoms with E-state index in [1.165, 1.54) is 0 Å². The van der Waals surface area contributed by atoms with Crippen LogP contribution >= 0.6 is 23.2 Å². The number of halogens is 2. The Labute approximate surface area is 203 Å². The number of piperidine rings is 1. The molecule has 2 heterocycles. The molecule has 3 unspecified atom stereocenters. The molecule has 3 aromatic carbocycles. The molecule has 3 aromatic rings. The summed E-state index contributed by atoms with van der Waals surface area (Å²) in [5.41, 5.74) is 2.46. The number of carbonyl (C=O) groups is 1. The van der Waals surface area contributed by atoms with Crippen molar-refractivity contribution in [2.75, 3.05) is 19.6 Å². The molecule has 1 saturated heterocycles. The van der Waals surface area contributed by atoms with Crippen molar-refractivity contribution in [2.24, 2.45) is 0 Å². The maximum Gasteiger partial charge on any atom is 0.256 e. The first-order valence-electron chi connectivity index (χ1n) is 11.3. The van der Waals surface area contributed by atoms with Crippen LogP contribution in [0.1, 0.15) is 40.6 Å². The largest absolute Gasteiger partial charge is 0.393 e. The Balaban J connectivity index is 1.34. The van der Waals surface area contributed by atoms with E-state index in [4.69, 9.17) is 23.2 Å². The van der Waals surface area contributed by atoms with E-state index in [0.717, 1.165) is 34.9 Å². The Bertz CT molecular complexity index is 1200. The molecule has 2 N–H and O–H groups in total. The molecule has 0 spiro atoms. The minimum Gasteiger partial charge on any atom is -0.393 e. The number of nitrogens with zero attached hydrogens (tertiary/aromatic N) is 2. The number of hydrogen-bond donors (Lipinski definition) is 2. The van der Waals surface area contributed by atoms with Crippen LogP contribution in [0, 0.1) is 0 Å². The summed E-state index contributed by atoms with van der Waals surface area (Å²) < 4.78 is 0. The highest BCUT2D eigenvalue weighted by Gasteiger charge is 2.34. The van der Waals surface area contributed by atoms with Crippen LogP contribution in [0.2, 0.25) is 10.0 Å². The van der Waals surface area contributed by atoms with E-state index in [1.807, 2.05) is 48.5 Å². The molecule has 0 aromatic heterocycles. The topological polar surface area (TPSA) is 64.0 Å². The SMILES string of the molecule is O=C1c2cccc3cccc(c23)C(O)N1CCN1CCC(O)CC1Cc1ccc(Cl)c(Cl)c1. The van der Waals surface area contributed by atoms with Crippen molar-refractivity contribution in [3.05, 3.63) is 81.3 Å². The number of amides is 1. The van der Waals surface area contributed by atoms with E-state index >= 15 is 0 Å². The summed E-state index contributed by atoms with van der Waals surface area (Å²) in [7, 11) is 0. The Kier molecular flexibility index (Phi) is 6.34. The van der Waals surface area contributed by atoms with E-state index in [9.17, 15) is 15.0 Å². The van der Waals surface area contributed by atoms with Gasteiger partial charge in [0.25, 0.3) is 5.91 Å². The molecule has 2 aliphatic rings. The van der Waals surface area contributed by atoms with Crippen LogP contribution in [0.3, 0.4) is 0 Å². The Morgan fingerprint density at radius 3 is 2.55 bits per heavy atom. The van der Waals surface area contributed by atoms with Crippen LogP contribution in [-0.2, 0) is 6.42 Å². The summed E-state index contributed by atoms with van der Waals surface area (Å²) in [5, 5.41) is 24.2. The van der Waals surface area contributed by atoms with Crippen molar-refractivity contribution >= 4 is 39.9 Å². The average Bonchev–Trinajstić information content (AvgIpc) is 2.81. The standard InChI is InChI=1S/C26H26Cl2N2O3/c27-22-8-7-16(14-23(22)28)13-18-15-19(31)9-10-29(18)11-12-30-25(32)20-5-1-3-17-4-2-6-21(24(17)20)26(30)33/h1-8,14,18-19,25,31-32H,9-13,15H2. The lowest BCUT2D eigenvalue weighted by molar-refractivity contribution is -0.00911. The number of benzene rings is 3. The van der Waals surface area contributed by atoms with E-state index in [1.54, 1.807) is 11.0 Å². The minimum absolute atomic E-state index is 0.110. The highest BCUT2D eigenvalue weighted by atomic mass is 35.5. The molecule has 0 bridgehead atoms. The van der Waals surface area contributed by atoms with Gasteiger partial charge in [-0.25, -0.2) is 0 Å². The lowest BCUT2D eigenvalue weighted by atomic mass is 9.92. The summed E-state index contributed by atoms with van der Waals surface area (Å²) in [4.78, 5) is 17.1. The third kappa shape index (κ3) is 4.36. The Hall–Kier alpha value is -2.15. The van der Waals surface area contributed by atoms with Crippen LogP contribution < -0.4 is 0 Å². The van der Waals surface area contributed by atoms with Gasteiger partial charge in [-0.05, 0) is 48.4 Å². The van der Waals surface area contributed by atoms with Gasteiger partial charge in [0.15, 0.2) is 6.23 Å². The van der Waals surface area contributed by atoms with E-state index < -0.39 is 6.23 Å². The fraction of sp³-hybridized carbons (Fsp3) is 0.346. The molecule has 2 aliphatic heterocycles. The molecule has 1 amide bonds. The summed E-state index contributed by atoms with van der Waals surface area (Å²) >= 11 is 12.3. The molecule has 33 heavy (non-hydrogen) atoms. The number of aliphatic hydroxyl groups excluding tert-OH is 2. The molecular weight excluding hydrogens is 459 g/mol. The number of carbonyl (C=O) groups excluding carboxylic acids is 1. The summed E-state index contributed by atoms with van der Waals surface area (Å²) in [6, 6.07) is 17.2. The fourth-order valence-electron chi connectivity index (χ4n) is 5.18. The molecule has 0 aliphatic carbocycles. The molecule has 7 heteroatoms. The molecule has 3 atom stereocenters. The molecule has 1 fully saturated rings. The van der Waals surface area contributed by atoms with Gasteiger partial charge in [-0.2, -0.15) is 0 Å². The molecule has 172 valence electrons. The van der Waals surface area contributed by atoms with Crippen LogP contribution in [0.4, 0.5) is 0 Å². The number of aliphatic hydroxyl groups is 2. The molecule has 5 rings (SSSR count). The third-order valence-corrected chi connectivity index (χ3v) is 7.63. The molecule has 0 radical (unpaired) electrons. The zero-order valence-corrected chi connectivity index (χ0v) is 19.6.